The smallest absolute Gasteiger partial charge is 0.168 e. The Balaban J connectivity index is 2.40. The van der Waals surface area contributed by atoms with E-state index in [4.69, 9.17) is 16.3 Å². The van der Waals surface area contributed by atoms with Gasteiger partial charge in [0.15, 0.2) is 11.6 Å². The first kappa shape index (κ1) is 13.8. The lowest BCUT2D eigenvalue weighted by molar-refractivity contribution is 0.194. The Kier molecular flexibility index (Phi) is 4.02. The van der Waals surface area contributed by atoms with Crippen molar-refractivity contribution in [2.75, 3.05) is 0 Å². The molecular weight excluding hydrogens is 274 g/mol. The third-order valence-electron chi connectivity index (χ3n) is 2.56. The summed E-state index contributed by atoms with van der Waals surface area (Å²) in [6.45, 7) is 1.50. The van der Waals surface area contributed by atoms with Crippen molar-refractivity contribution in [1.82, 2.24) is 0 Å². The van der Waals surface area contributed by atoms with Crippen LogP contribution in [0.5, 0.6) is 11.5 Å². The van der Waals surface area contributed by atoms with E-state index in [0.717, 1.165) is 6.07 Å². The first-order valence-corrected chi connectivity index (χ1v) is 5.96. The highest BCUT2D eigenvalue weighted by atomic mass is 35.5. The largest absolute Gasteiger partial charge is 0.454 e. The highest BCUT2D eigenvalue weighted by Crippen LogP contribution is 2.33. The average molecular weight is 285 g/mol. The molecule has 2 aromatic carbocycles. The Morgan fingerprint density at radius 1 is 1.16 bits per heavy atom. The van der Waals surface area contributed by atoms with Crippen LogP contribution in [-0.2, 0) is 0 Å². The molecule has 0 spiro atoms. The van der Waals surface area contributed by atoms with Gasteiger partial charge in [-0.2, -0.15) is 0 Å². The van der Waals surface area contributed by atoms with E-state index in [2.05, 4.69) is 0 Å². The third-order valence-corrected chi connectivity index (χ3v) is 2.85. The molecule has 0 radical (unpaired) electrons. The number of ether oxygens (including phenoxy) is 1. The number of hydrogen-bond acceptors (Lipinski definition) is 2. The summed E-state index contributed by atoms with van der Waals surface area (Å²) in [7, 11) is 0. The molecule has 1 N–H and O–H groups in total. The fourth-order valence-corrected chi connectivity index (χ4v) is 1.79. The van der Waals surface area contributed by atoms with Crippen molar-refractivity contribution in [3.8, 4) is 11.5 Å². The molecule has 19 heavy (non-hydrogen) atoms. The van der Waals surface area contributed by atoms with Crippen LogP contribution in [0.4, 0.5) is 8.78 Å². The number of aliphatic hydroxyl groups is 1. The van der Waals surface area contributed by atoms with Crippen LogP contribution in [0.2, 0.25) is 5.02 Å². The second-order valence-corrected chi connectivity index (χ2v) is 4.42. The summed E-state index contributed by atoms with van der Waals surface area (Å²) in [6.07, 6.45) is -0.887. The Morgan fingerprint density at radius 3 is 2.53 bits per heavy atom. The maximum Gasteiger partial charge on any atom is 0.168 e. The van der Waals surface area contributed by atoms with Crippen LogP contribution < -0.4 is 4.74 Å². The van der Waals surface area contributed by atoms with Crippen molar-refractivity contribution in [2.45, 2.75) is 13.0 Å². The zero-order valence-electron chi connectivity index (χ0n) is 10.0. The summed E-state index contributed by atoms with van der Waals surface area (Å²) in [5.74, 6) is -1.10. The minimum atomic E-state index is -0.887. The molecular formula is C14H11ClF2O2. The van der Waals surface area contributed by atoms with Crippen LogP contribution in [0.25, 0.3) is 0 Å². The minimum Gasteiger partial charge on any atom is -0.454 e. The van der Waals surface area contributed by atoms with Gasteiger partial charge in [0.1, 0.15) is 11.6 Å². The molecule has 0 unspecified atom stereocenters. The molecule has 2 aromatic rings. The summed E-state index contributed by atoms with van der Waals surface area (Å²) < 4.78 is 32.1. The predicted octanol–water partition coefficient (Wildman–Crippen LogP) is 4.46. The zero-order valence-corrected chi connectivity index (χ0v) is 10.8. The molecule has 0 amide bonds. The van der Waals surface area contributed by atoms with Gasteiger partial charge in [-0.05, 0) is 25.1 Å². The molecule has 0 aliphatic heterocycles. The molecule has 2 nitrogen and oxygen atoms in total. The number of para-hydroxylation sites is 1. The highest BCUT2D eigenvalue weighted by Gasteiger charge is 2.15. The summed E-state index contributed by atoms with van der Waals surface area (Å²) in [6, 6.07) is 7.94. The van der Waals surface area contributed by atoms with E-state index in [1.807, 2.05) is 0 Å². The lowest BCUT2D eigenvalue weighted by Crippen LogP contribution is -1.98. The van der Waals surface area contributed by atoms with Gasteiger partial charge in [0.05, 0.1) is 11.1 Å². The van der Waals surface area contributed by atoms with E-state index in [9.17, 15) is 13.9 Å². The second-order valence-electron chi connectivity index (χ2n) is 4.01. The number of halogens is 3. The average Bonchev–Trinajstić information content (AvgIpc) is 2.36. The Morgan fingerprint density at radius 2 is 1.89 bits per heavy atom. The van der Waals surface area contributed by atoms with Crippen LogP contribution in [0.3, 0.4) is 0 Å². The molecule has 0 aliphatic rings. The van der Waals surface area contributed by atoms with Gasteiger partial charge in [0.2, 0.25) is 0 Å². The van der Waals surface area contributed by atoms with Gasteiger partial charge in [-0.15, -0.1) is 0 Å². The third kappa shape index (κ3) is 3.03. The van der Waals surface area contributed by atoms with E-state index in [1.165, 1.54) is 31.2 Å². The summed E-state index contributed by atoms with van der Waals surface area (Å²) in [4.78, 5) is 0. The minimum absolute atomic E-state index is 0.0971. The molecule has 0 saturated carbocycles. The molecule has 0 saturated heterocycles. The molecule has 0 heterocycles. The number of benzene rings is 2. The first-order chi connectivity index (χ1) is 8.99. The molecule has 0 fully saturated rings. The Labute approximate surface area is 114 Å². The van der Waals surface area contributed by atoms with Crippen LogP contribution >= 0.6 is 11.6 Å². The van der Waals surface area contributed by atoms with E-state index in [-0.39, 0.29) is 16.5 Å². The fourth-order valence-electron chi connectivity index (χ4n) is 1.62. The van der Waals surface area contributed by atoms with Gasteiger partial charge in [-0.1, -0.05) is 23.7 Å². The summed E-state index contributed by atoms with van der Waals surface area (Å²) >= 11 is 5.62. The monoisotopic (exact) mass is 284 g/mol. The Bertz CT molecular complexity index is 600. The zero-order chi connectivity index (χ0) is 14.0. The fraction of sp³-hybridized carbons (Fsp3) is 0.143. The van der Waals surface area contributed by atoms with Gasteiger partial charge < -0.3 is 9.84 Å². The second kappa shape index (κ2) is 5.55. The molecule has 5 heteroatoms. The summed E-state index contributed by atoms with van der Waals surface area (Å²) in [5, 5.41) is 9.45. The van der Waals surface area contributed by atoms with Crippen LogP contribution in [0, 0.1) is 11.6 Å². The quantitative estimate of drug-likeness (QED) is 0.901. The lowest BCUT2D eigenvalue weighted by atomic mass is 10.1. The number of hydrogen-bond donors (Lipinski definition) is 1. The SMILES string of the molecule is C[C@@H](O)c1cccc(F)c1Oc1ccc(F)c(Cl)c1. The first-order valence-electron chi connectivity index (χ1n) is 5.58. The van der Waals surface area contributed by atoms with E-state index >= 15 is 0 Å². The summed E-state index contributed by atoms with van der Waals surface area (Å²) in [5.41, 5.74) is 0.306. The standard InChI is InChI=1S/C14H11ClF2O2/c1-8(18)10-3-2-4-13(17)14(10)19-9-5-6-12(16)11(15)7-9/h2-8,18H,1H3/t8-/m1/s1. The van der Waals surface area contributed by atoms with Gasteiger partial charge in [0, 0.05) is 11.6 Å². The van der Waals surface area contributed by atoms with Crippen molar-refractivity contribution in [2.24, 2.45) is 0 Å². The molecule has 0 aliphatic carbocycles. The van der Waals surface area contributed by atoms with Gasteiger partial charge in [-0.3, -0.25) is 0 Å². The Hall–Kier alpha value is -1.65. The molecule has 0 aromatic heterocycles. The maximum absolute atomic E-state index is 13.7. The molecule has 0 bridgehead atoms. The molecule has 1 atom stereocenters. The van der Waals surface area contributed by atoms with Crippen molar-refractivity contribution in [1.29, 1.82) is 0 Å². The van der Waals surface area contributed by atoms with Gasteiger partial charge >= 0.3 is 0 Å². The topological polar surface area (TPSA) is 29.5 Å². The normalized spacial score (nSPS) is 12.3. The van der Waals surface area contributed by atoms with Crippen LogP contribution in [0.15, 0.2) is 36.4 Å². The van der Waals surface area contributed by atoms with Crippen molar-refractivity contribution >= 4 is 11.6 Å². The van der Waals surface area contributed by atoms with Crippen molar-refractivity contribution < 1.29 is 18.6 Å². The van der Waals surface area contributed by atoms with Crippen molar-refractivity contribution in [3.63, 3.8) is 0 Å². The van der Waals surface area contributed by atoms with Gasteiger partial charge in [-0.25, -0.2) is 8.78 Å². The predicted molar refractivity (Wildman–Crippen MR) is 68.5 cm³/mol. The molecule has 100 valence electrons. The molecule has 2 rings (SSSR count). The van der Waals surface area contributed by atoms with E-state index in [0.29, 0.717) is 5.56 Å². The highest BCUT2D eigenvalue weighted by molar-refractivity contribution is 6.30. The number of rotatable bonds is 3. The van der Waals surface area contributed by atoms with Crippen molar-refractivity contribution in [3.05, 3.63) is 58.6 Å². The van der Waals surface area contributed by atoms with E-state index < -0.39 is 17.7 Å². The lowest BCUT2D eigenvalue weighted by Gasteiger charge is -2.14. The van der Waals surface area contributed by atoms with Crippen LogP contribution in [-0.4, -0.2) is 5.11 Å². The van der Waals surface area contributed by atoms with Gasteiger partial charge in [0.25, 0.3) is 0 Å². The maximum atomic E-state index is 13.7. The number of aliphatic hydroxyl groups excluding tert-OH is 1. The van der Waals surface area contributed by atoms with E-state index in [1.54, 1.807) is 6.07 Å². The van der Waals surface area contributed by atoms with Crippen LogP contribution in [0.1, 0.15) is 18.6 Å².